The molecule has 0 bridgehead atoms. The van der Waals surface area contributed by atoms with E-state index in [2.05, 4.69) is 11.8 Å². The average Bonchev–Trinajstić information content (AvgIpc) is 2.27. The minimum absolute atomic E-state index is 0.0312. The van der Waals surface area contributed by atoms with Gasteiger partial charge in [0.25, 0.3) is 0 Å². The van der Waals surface area contributed by atoms with Gasteiger partial charge in [-0.05, 0) is 25.1 Å². The molecule has 2 atom stereocenters. The Hall–Kier alpha value is -0.930. The Morgan fingerprint density at radius 3 is 2.94 bits per heavy atom. The van der Waals surface area contributed by atoms with Crippen LogP contribution in [0.3, 0.4) is 0 Å². The number of benzene rings is 1. The number of aliphatic hydroxyl groups excluding tert-OH is 1. The van der Waals surface area contributed by atoms with Gasteiger partial charge in [0, 0.05) is 25.1 Å². The van der Waals surface area contributed by atoms with Crippen molar-refractivity contribution in [1.29, 1.82) is 0 Å². The van der Waals surface area contributed by atoms with Gasteiger partial charge in [0.15, 0.2) is 0 Å². The summed E-state index contributed by atoms with van der Waals surface area (Å²) in [6.45, 7) is 2.23. The van der Waals surface area contributed by atoms with Crippen LogP contribution >= 0.6 is 11.6 Å². The zero-order chi connectivity index (χ0) is 11.7. The highest BCUT2D eigenvalue weighted by molar-refractivity contribution is 6.30. The van der Waals surface area contributed by atoms with Crippen molar-refractivity contribution in [3.8, 4) is 5.75 Å². The van der Waals surface area contributed by atoms with E-state index in [1.54, 1.807) is 0 Å². The van der Waals surface area contributed by atoms with Crippen LogP contribution in [0.15, 0.2) is 18.2 Å². The number of halogens is 1. The number of anilines is 1. The molecule has 0 saturated heterocycles. The standard InChI is InChI=1S/C12H16ClNO2/c1-8-11(5-6-15)16-12-4-3-9(13)7-10(12)14(8)2/h3-4,7-8,11,15H,5-6H2,1-2H3. The second kappa shape index (κ2) is 4.52. The zero-order valence-electron chi connectivity index (χ0n) is 9.48. The molecule has 16 heavy (non-hydrogen) atoms. The molecule has 2 unspecified atom stereocenters. The molecule has 0 amide bonds. The lowest BCUT2D eigenvalue weighted by atomic mass is 10.0. The van der Waals surface area contributed by atoms with Crippen molar-refractivity contribution in [2.75, 3.05) is 18.6 Å². The van der Waals surface area contributed by atoms with Gasteiger partial charge in [-0.15, -0.1) is 0 Å². The highest BCUT2D eigenvalue weighted by atomic mass is 35.5. The molecule has 1 aliphatic heterocycles. The summed E-state index contributed by atoms with van der Waals surface area (Å²) in [7, 11) is 2.02. The van der Waals surface area contributed by atoms with Crippen molar-refractivity contribution >= 4 is 17.3 Å². The van der Waals surface area contributed by atoms with Gasteiger partial charge in [-0.2, -0.15) is 0 Å². The Morgan fingerprint density at radius 2 is 2.25 bits per heavy atom. The van der Waals surface area contributed by atoms with E-state index in [-0.39, 0.29) is 18.8 Å². The molecule has 2 rings (SSSR count). The van der Waals surface area contributed by atoms with Gasteiger partial charge in [-0.1, -0.05) is 11.6 Å². The van der Waals surface area contributed by atoms with Gasteiger partial charge >= 0.3 is 0 Å². The molecule has 0 aliphatic carbocycles. The van der Waals surface area contributed by atoms with Crippen LogP contribution in [-0.4, -0.2) is 30.9 Å². The topological polar surface area (TPSA) is 32.7 Å². The number of rotatable bonds is 2. The predicted octanol–water partition coefficient (Wildman–Crippen LogP) is 2.31. The monoisotopic (exact) mass is 241 g/mol. The van der Waals surface area contributed by atoms with Crippen LogP contribution in [0.5, 0.6) is 5.75 Å². The fourth-order valence-electron chi connectivity index (χ4n) is 2.02. The number of hydrogen-bond donors (Lipinski definition) is 1. The fourth-order valence-corrected chi connectivity index (χ4v) is 2.19. The average molecular weight is 242 g/mol. The first-order valence-electron chi connectivity index (χ1n) is 5.43. The third kappa shape index (κ3) is 1.97. The first kappa shape index (κ1) is 11.6. The lowest BCUT2D eigenvalue weighted by molar-refractivity contribution is 0.124. The molecule has 1 aromatic carbocycles. The molecular formula is C12H16ClNO2. The highest BCUT2D eigenvalue weighted by Crippen LogP contribution is 2.37. The van der Waals surface area contributed by atoms with E-state index in [4.69, 9.17) is 21.4 Å². The van der Waals surface area contributed by atoms with Crippen LogP contribution in [0.2, 0.25) is 5.02 Å². The Balaban J connectivity index is 2.32. The van der Waals surface area contributed by atoms with Gasteiger partial charge in [0.1, 0.15) is 11.9 Å². The maximum atomic E-state index is 9.00. The van der Waals surface area contributed by atoms with E-state index in [1.807, 2.05) is 25.2 Å². The quantitative estimate of drug-likeness (QED) is 0.863. The van der Waals surface area contributed by atoms with E-state index < -0.39 is 0 Å². The number of hydrogen-bond acceptors (Lipinski definition) is 3. The summed E-state index contributed by atoms with van der Waals surface area (Å²) >= 11 is 5.96. The van der Waals surface area contributed by atoms with E-state index in [1.165, 1.54) is 0 Å². The lowest BCUT2D eigenvalue weighted by Gasteiger charge is -2.39. The molecule has 0 spiro atoms. The Kier molecular flexibility index (Phi) is 3.26. The summed E-state index contributed by atoms with van der Waals surface area (Å²) in [6, 6.07) is 5.84. The fraction of sp³-hybridized carbons (Fsp3) is 0.500. The van der Waals surface area contributed by atoms with Crippen LogP contribution in [0.1, 0.15) is 13.3 Å². The number of ether oxygens (including phenoxy) is 1. The summed E-state index contributed by atoms with van der Waals surface area (Å²) < 4.78 is 5.85. The molecule has 88 valence electrons. The Labute approximate surface area is 101 Å². The predicted molar refractivity (Wildman–Crippen MR) is 65.4 cm³/mol. The molecule has 0 radical (unpaired) electrons. The van der Waals surface area contributed by atoms with Gasteiger partial charge in [-0.3, -0.25) is 0 Å². The van der Waals surface area contributed by atoms with Gasteiger partial charge in [-0.25, -0.2) is 0 Å². The second-order valence-electron chi connectivity index (χ2n) is 4.13. The maximum absolute atomic E-state index is 9.00. The zero-order valence-corrected chi connectivity index (χ0v) is 10.2. The SMILES string of the molecule is CC1C(CCO)Oc2ccc(Cl)cc2N1C. The Morgan fingerprint density at radius 1 is 1.50 bits per heavy atom. The van der Waals surface area contributed by atoms with E-state index in [9.17, 15) is 0 Å². The van der Waals surface area contributed by atoms with E-state index in [0.29, 0.717) is 11.4 Å². The highest BCUT2D eigenvalue weighted by Gasteiger charge is 2.30. The van der Waals surface area contributed by atoms with E-state index in [0.717, 1.165) is 11.4 Å². The summed E-state index contributed by atoms with van der Waals surface area (Å²) in [4.78, 5) is 2.14. The van der Waals surface area contributed by atoms with Gasteiger partial charge < -0.3 is 14.7 Å². The Bertz CT molecular complexity index is 383. The second-order valence-corrected chi connectivity index (χ2v) is 4.57. The normalized spacial score (nSPS) is 23.9. The van der Waals surface area contributed by atoms with Crippen LogP contribution in [0.4, 0.5) is 5.69 Å². The molecule has 0 aromatic heterocycles. The van der Waals surface area contributed by atoms with Crippen molar-refractivity contribution in [3.05, 3.63) is 23.2 Å². The van der Waals surface area contributed by atoms with Crippen molar-refractivity contribution in [3.63, 3.8) is 0 Å². The van der Waals surface area contributed by atoms with Gasteiger partial charge in [0.2, 0.25) is 0 Å². The van der Waals surface area contributed by atoms with Crippen molar-refractivity contribution < 1.29 is 9.84 Å². The van der Waals surface area contributed by atoms with Crippen LogP contribution < -0.4 is 9.64 Å². The summed E-state index contributed by atoms with van der Waals surface area (Å²) in [5, 5.41) is 9.71. The molecule has 1 heterocycles. The smallest absolute Gasteiger partial charge is 0.143 e. The molecule has 1 N–H and O–H groups in total. The summed E-state index contributed by atoms with van der Waals surface area (Å²) in [5.41, 5.74) is 1.01. The minimum atomic E-state index is 0.0312. The number of likely N-dealkylation sites (N-methyl/N-ethyl adjacent to an activating group) is 1. The third-order valence-corrected chi connectivity index (χ3v) is 3.38. The minimum Gasteiger partial charge on any atom is -0.486 e. The molecule has 1 aliphatic rings. The molecule has 4 heteroatoms. The molecule has 0 saturated carbocycles. The third-order valence-electron chi connectivity index (χ3n) is 3.14. The lowest BCUT2D eigenvalue weighted by Crippen LogP contribution is -2.46. The number of nitrogens with zero attached hydrogens (tertiary/aromatic N) is 1. The van der Waals surface area contributed by atoms with Crippen LogP contribution in [-0.2, 0) is 0 Å². The number of fused-ring (bicyclic) bond motifs is 1. The molecule has 3 nitrogen and oxygen atoms in total. The van der Waals surface area contributed by atoms with Crippen molar-refractivity contribution in [2.45, 2.75) is 25.5 Å². The molecular weight excluding hydrogens is 226 g/mol. The number of aliphatic hydroxyl groups is 1. The summed E-state index contributed by atoms with van der Waals surface area (Å²) in [6.07, 6.45) is 0.678. The van der Waals surface area contributed by atoms with Crippen LogP contribution in [0.25, 0.3) is 0 Å². The largest absolute Gasteiger partial charge is 0.486 e. The summed E-state index contributed by atoms with van der Waals surface area (Å²) in [5.74, 6) is 0.837. The van der Waals surface area contributed by atoms with Crippen LogP contribution in [0, 0.1) is 0 Å². The maximum Gasteiger partial charge on any atom is 0.143 e. The molecule has 1 aromatic rings. The van der Waals surface area contributed by atoms with Gasteiger partial charge in [0.05, 0.1) is 11.7 Å². The van der Waals surface area contributed by atoms with Crippen molar-refractivity contribution in [2.24, 2.45) is 0 Å². The first-order valence-corrected chi connectivity index (χ1v) is 5.81. The first-order chi connectivity index (χ1) is 7.63. The molecule has 0 fully saturated rings. The van der Waals surface area contributed by atoms with Crippen molar-refractivity contribution in [1.82, 2.24) is 0 Å². The van der Waals surface area contributed by atoms with E-state index >= 15 is 0 Å².